The Kier molecular flexibility index (Phi) is 3.54. The highest BCUT2D eigenvalue weighted by Gasteiger charge is 2.32. The molecule has 0 bridgehead atoms. The van der Waals surface area contributed by atoms with Crippen LogP contribution >= 0.6 is 11.8 Å². The molecule has 0 radical (unpaired) electrons. The van der Waals surface area contributed by atoms with E-state index in [9.17, 15) is 0 Å². The summed E-state index contributed by atoms with van der Waals surface area (Å²) >= 11 is 1.76. The zero-order valence-corrected chi connectivity index (χ0v) is 12.3. The van der Waals surface area contributed by atoms with Crippen LogP contribution in [0.1, 0.15) is 29.5 Å². The van der Waals surface area contributed by atoms with Gasteiger partial charge in [0, 0.05) is 12.0 Å². The fourth-order valence-electron chi connectivity index (χ4n) is 2.28. The van der Waals surface area contributed by atoms with Crippen molar-refractivity contribution in [1.82, 2.24) is 10.1 Å². The monoisotopic (exact) mass is 291 g/mol. The fraction of sp³-hybridized carbons (Fsp3) is 0.429. The fourth-order valence-corrected chi connectivity index (χ4v) is 3.51. The maximum Gasteiger partial charge on any atom is 0.240 e. The minimum absolute atomic E-state index is 0.173. The van der Waals surface area contributed by atoms with Crippen molar-refractivity contribution in [2.24, 2.45) is 5.73 Å². The second-order valence-electron chi connectivity index (χ2n) is 5.23. The molecular formula is C14H17N3O2S. The average molecular weight is 291 g/mol. The number of methoxy groups -OCH3 is 1. The molecular weight excluding hydrogens is 274 g/mol. The number of thioether (sulfide) groups is 1. The predicted octanol–water partition coefficient (Wildman–Crippen LogP) is 2.28. The molecule has 20 heavy (non-hydrogen) atoms. The quantitative estimate of drug-likeness (QED) is 0.931. The lowest BCUT2D eigenvalue weighted by Gasteiger charge is -2.18. The van der Waals surface area contributed by atoms with E-state index in [1.54, 1.807) is 18.9 Å². The van der Waals surface area contributed by atoms with E-state index < -0.39 is 5.54 Å². The van der Waals surface area contributed by atoms with Crippen molar-refractivity contribution >= 4 is 11.8 Å². The second kappa shape index (κ2) is 5.20. The van der Waals surface area contributed by atoms with E-state index in [2.05, 4.69) is 28.3 Å². The molecule has 2 aromatic rings. The highest BCUT2D eigenvalue weighted by atomic mass is 32.2. The number of hydrogen-bond donors (Lipinski definition) is 1. The van der Waals surface area contributed by atoms with E-state index in [0.717, 1.165) is 6.42 Å². The van der Waals surface area contributed by atoms with E-state index in [1.165, 1.54) is 10.5 Å². The van der Waals surface area contributed by atoms with Crippen molar-refractivity contribution in [2.75, 3.05) is 13.7 Å². The van der Waals surface area contributed by atoms with Crippen molar-refractivity contribution in [2.45, 2.75) is 29.0 Å². The second-order valence-corrected chi connectivity index (χ2v) is 6.47. The predicted molar refractivity (Wildman–Crippen MR) is 76.5 cm³/mol. The topological polar surface area (TPSA) is 74.2 Å². The van der Waals surface area contributed by atoms with Gasteiger partial charge in [-0.25, -0.2) is 0 Å². The standard InChI is InChI=1S/C14H17N3O2S/c1-14(15,8-18-2)13-16-12(19-17-13)11-7-9-5-3-4-6-10(9)20-11/h3-6,11H,7-8,15H2,1-2H3. The van der Waals surface area contributed by atoms with Crippen LogP contribution in [-0.4, -0.2) is 23.9 Å². The molecule has 1 aliphatic rings. The molecule has 3 rings (SSSR count). The maximum absolute atomic E-state index is 6.13. The van der Waals surface area contributed by atoms with Crippen LogP contribution in [0, 0.1) is 0 Å². The van der Waals surface area contributed by atoms with Crippen LogP contribution in [0.5, 0.6) is 0 Å². The van der Waals surface area contributed by atoms with Gasteiger partial charge in [-0.2, -0.15) is 4.98 Å². The molecule has 0 spiro atoms. The van der Waals surface area contributed by atoms with Crippen LogP contribution in [0.4, 0.5) is 0 Å². The van der Waals surface area contributed by atoms with Gasteiger partial charge in [-0.15, -0.1) is 11.8 Å². The maximum atomic E-state index is 6.13. The van der Waals surface area contributed by atoms with Crippen molar-refractivity contribution in [3.63, 3.8) is 0 Å². The van der Waals surface area contributed by atoms with Gasteiger partial charge in [0.1, 0.15) is 5.54 Å². The Bertz CT molecular complexity index is 587. The summed E-state index contributed by atoms with van der Waals surface area (Å²) in [5, 5.41) is 4.18. The molecule has 2 N–H and O–H groups in total. The molecule has 0 amide bonds. The lowest BCUT2D eigenvalue weighted by Crippen LogP contribution is -2.39. The van der Waals surface area contributed by atoms with Gasteiger partial charge in [0.15, 0.2) is 5.82 Å². The number of benzene rings is 1. The molecule has 0 fully saturated rings. The van der Waals surface area contributed by atoms with E-state index in [-0.39, 0.29) is 5.25 Å². The van der Waals surface area contributed by atoms with Crippen molar-refractivity contribution in [3.05, 3.63) is 41.5 Å². The Balaban J connectivity index is 1.79. The summed E-state index contributed by atoms with van der Waals surface area (Å²) in [6.07, 6.45) is 0.911. The van der Waals surface area contributed by atoms with Gasteiger partial charge in [-0.05, 0) is 25.0 Å². The molecule has 0 saturated heterocycles. The van der Waals surface area contributed by atoms with Crippen molar-refractivity contribution in [1.29, 1.82) is 0 Å². The van der Waals surface area contributed by atoms with Crippen molar-refractivity contribution < 1.29 is 9.26 Å². The van der Waals surface area contributed by atoms with Crippen LogP contribution in [0.25, 0.3) is 0 Å². The summed E-state index contributed by atoms with van der Waals surface area (Å²) < 4.78 is 10.5. The third-order valence-corrected chi connectivity index (χ3v) is 4.62. The zero-order chi connectivity index (χ0) is 14.2. The Morgan fingerprint density at radius 3 is 3.05 bits per heavy atom. The van der Waals surface area contributed by atoms with Crippen LogP contribution in [0.15, 0.2) is 33.7 Å². The first kappa shape index (κ1) is 13.6. The Labute approximate surface area is 121 Å². The van der Waals surface area contributed by atoms with E-state index >= 15 is 0 Å². The molecule has 0 saturated carbocycles. The third kappa shape index (κ3) is 2.46. The van der Waals surface area contributed by atoms with E-state index in [0.29, 0.717) is 18.3 Å². The summed E-state index contributed by atoms with van der Waals surface area (Å²) in [6, 6.07) is 8.35. The average Bonchev–Trinajstić information content (AvgIpc) is 3.05. The third-order valence-electron chi connectivity index (χ3n) is 3.32. The summed E-state index contributed by atoms with van der Waals surface area (Å²) in [7, 11) is 1.61. The lowest BCUT2D eigenvalue weighted by molar-refractivity contribution is 0.135. The van der Waals surface area contributed by atoms with Crippen LogP contribution < -0.4 is 5.73 Å². The summed E-state index contributed by atoms with van der Waals surface area (Å²) in [6.45, 7) is 2.19. The van der Waals surface area contributed by atoms with E-state index in [4.69, 9.17) is 15.0 Å². The summed E-state index contributed by atoms with van der Waals surface area (Å²) in [4.78, 5) is 5.74. The number of nitrogens with two attached hydrogens (primary N) is 1. The Morgan fingerprint density at radius 1 is 1.50 bits per heavy atom. The van der Waals surface area contributed by atoms with Crippen molar-refractivity contribution in [3.8, 4) is 0 Å². The molecule has 6 heteroatoms. The lowest BCUT2D eigenvalue weighted by atomic mass is 10.1. The minimum Gasteiger partial charge on any atom is -0.382 e. The van der Waals surface area contributed by atoms with Gasteiger partial charge in [0.05, 0.1) is 11.9 Å². The molecule has 106 valence electrons. The number of nitrogens with zero attached hydrogens (tertiary/aromatic N) is 2. The zero-order valence-electron chi connectivity index (χ0n) is 11.5. The Morgan fingerprint density at radius 2 is 2.30 bits per heavy atom. The number of fused-ring (bicyclic) bond motifs is 1. The van der Waals surface area contributed by atoms with Crippen LogP contribution in [0.3, 0.4) is 0 Å². The van der Waals surface area contributed by atoms with E-state index in [1.807, 2.05) is 13.0 Å². The molecule has 2 heterocycles. The first-order valence-electron chi connectivity index (χ1n) is 6.46. The molecule has 1 aliphatic heterocycles. The SMILES string of the molecule is COCC(C)(N)c1noc(C2Cc3ccccc3S2)n1. The number of hydrogen-bond acceptors (Lipinski definition) is 6. The molecule has 1 aromatic carbocycles. The van der Waals surface area contributed by atoms with Gasteiger partial charge >= 0.3 is 0 Å². The largest absolute Gasteiger partial charge is 0.382 e. The number of rotatable bonds is 4. The van der Waals surface area contributed by atoms with Crippen LogP contribution in [0.2, 0.25) is 0 Å². The Hall–Kier alpha value is -1.37. The molecule has 2 atom stereocenters. The van der Waals surface area contributed by atoms with Gasteiger partial charge in [-0.3, -0.25) is 0 Å². The minimum atomic E-state index is -0.730. The van der Waals surface area contributed by atoms with Gasteiger partial charge < -0.3 is 15.0 Å². The van der Waals surface area contributed by atoms with Gasteiger partial charge in [0.25, 0.3) is 0 Å². The molecule has 2 unspecified atom stereocenters. The molecule has 0 aliphatic carbocycles. The number of aromatic nitrogens is 2. The van der Waals surface area contributed by atoms with Gasteiger partial charge in [0.2, 0.25) is 5.89 Å². The van der Waals surface area contributed by atoms with Crippen LogP contribution in [-0.2, 0) is 16.7 Å². The molecule has 5 nitrogen and oxygen atoms in total. The smallest absolute Gasteiger partial charge is 0.240 e. The molecule has 1 aromatic heterocycles. The first-order chi connectivity index (χ1) is 9.60. The number of ether oxygens (including phenoxy) is 1. The summed E-state index contributed by atoms with van der Waals surface area (Å²) in [5.74, 6) is 1.12. The normalized spacial score (nSPS) is 20.6. The highest BCUT2D eigenvalue weighted by Crippen LogP contribution is 2.45. The first-order valence-corrected chi connectivity index (χ1v) is 7.34. The summed E-state index contributed by atoms with van der Waals surface area (Å²) in [5.41, 5.74) is 6.73. The highest BCUT2D eigenvalue weighted by molar-refractivity contribution is 7.99. The van der Waals surface area contributed by atoms with Gasteiger partial charge in [-0.1, -0.05) is 23.4 Å².